The third-order valence-corrected chi connectivity index (χ3v) is 8.26. The summed E-state index contributed by atoms with van der Waals surface area (Å²) in [5.74, 6) is 0.310. The highest BCUT2D eigenvalue weighted by atomic mass is 32.2. The van der Waals surface area contributed by atoms with E-state index in [-0.39, 0.29) is 22.3 Å². The van der Waals surface area contributed by atoms with Crippen molar-refractivity contribution in [3.8, 4) is 0 Å². The van der Waals surface area contributed by atoms with Crippen LogP contribution in [0, 0.1) is 12.8 Å². The number of hydrogen-bond acceptors (Lipinski definition) is 6. The number of aromatic nitrogens is 2. The molecule has 1 aromatic carbocycles. The van der Waals surface area contributed by atoms with Gasteiger partial charge in [-0.2, -0.15) is 0 Å². The van der Waals surface area contributed by atoms with Crippen molar-refractivity contribution in [2.45, 2.75) is 62.3 Å². The van der Waals surface area contributed by atoms with Gasteiger partial charge in [0.15, 0.2) is 0 Å². The van der Waals surface area contributed by atoms with E-state index in [0.29, 0.717) is 16.7 Å². The van der Waals surface area contributed by atoms with Crippen LogP contribution in [0.2, 0.25) is 0 Å². The molecule has 2 fully saturated rings. The van der Waals surface area contributed by atoms with Crippen LogP contribution in [0.1, 0.15) is 55.5 Å². The smallest absolute Gasteiger partial charge is 0.241 e. The first-order chi connectivity index (χ1) is 13.3. The van der Waals surface area contributed by atoms with E-state index in [1.54, 1.807) is 23.1 Å². The summed E-state index contributed by atoms with van der Waals surface area (Å²) in [7, 11) is -3.64. The predicted molar refractivity (Wildman–Crippen MR) is 106 cm³/mol. The summed E-state index contributed by atoms with van der Waals surface area (Å²) in [6.07, 6.45) is 4.81. The Balaban J connectivity index is 1.57. The fourth-order valence-corrected chi connectivity index (χ4v) is 5.94. The fraction of sp³-hybridized carbons (Fsp3) is 0.526. The molecule has 2 saturated carbocycles. The molecule has 0 radical (unpaired) electrons. The largest absolute Gasteiger partial charge is 0.273 e. The Morgan fingerprint density at radius 1 is 1.29 bits per heavy atom. The lowest BCUT2D eigenvalue weighted by molar-refractivity contribution is -0.118. The van der Waals surface area contributed by atoms with Crippen molar-refractivity contribution in [1.82, 2.24) is 14.9 Å². The quantitative estimate of drug-likeness (QED) is 0.777. The van der Waals surface area contributed by atoms with Gasteiger partial charge in [-0.3, -0.25) is 9.69 Å². The number of carbonyl (C=O) groups excluding carboxylic acids is 1. The van der Waals surface area contributed by atoms with Gasteiger partial charge in [-0.15, -0.1) is 10.2 Å². The second-order valence-electron chi connectivity index (χ2n) is 8.40. The van der Waals surface area contributed by atoms with Gasteiger partial charge in [-0.1, -0.05) is 30.2 Å². The minimum atomic E-state index is -3.64. The summed E-state index contributed by atoms with van der Waals surface area (Å²) in [5, 5.41) is 9.45. The molecular formula is C19H22N4O3S2. The average Bonchev–Trinajstić information content (AvgIpc) is 3.52. The topological polar surface area (TPSA) is 92.3 Å². The van der Waals surface area contributed by atoms with Crippen molar-refractivity contribution in [3.63, 3.8) is 0 Å². The number of fused-ring (bicyclic) bond motifs is 1. The second-order valence-corrected chi connectivity index (χ2v) is 11.2. The van der Waals surface area contributed by atoms with E-state index in [2.05, 4.69) is 14.9 Å². The first-order valence-electron chi connectivity index (χ1n) is 9.58. The summed E-state index contributed by atoms with van der Waals surface area (Å²) in [6, 6.07) is 5.04. The third kappa shape index (κ3) is 3.15. The maximum atomic E-state index is 13.2. The van der Waals surface area contributed by atoms with Crippen molar-refractivity contribution in [2.24, 2.45) is 5.92 Å². The summed E-state index contributed by atoms with van der Waals surface area (Å²) in [6.45, 7) is 3.74. The number of rotatable bonds is 6. The van der Waals surface area contributed by atoms with Crippen LogP contribution in [-0.4, -0.2) is 30.1 Å². The normalized spacial score (nSPS) is 23.1. The van der Waals surface area contributed by atoms with Crippen molar-refractivity contribution in [1.29, 1.82) is 0 Å². The van der Waals surface area contributed by atoms with E-state index in [4.69, 9.17) is 0 Å². The maximum Gasteiger partial charge on any atom is 0.241 e. The first kappa shape index (κ1) is 18.2. The fourth-order valence-electron chi connectivity index (χ4n) is 3.75. The van der Waals surface area contributed by atoms with Crippen LogP contribution < -0.4 is 9.62 Å². The highest BCUT2D eigenvalue weighted by Crippen LogP contribution is 2.49. The summed E-state index contributed by atoms with van der Waals surface area (Å²) >= 11 is 1.34. The van der Waals surface area contributed by atoms with Gasteiger partial charge in [-0.05, 0) is 56.7 Å². The highest BCUT2D eigenvalue weighted by molar-refractivity contribution is 7.89. The number of aryl methyl sites for hydroxylation is 1. The molecule has 5 rings (SSSR count). The molecule has 2 aliphatic carbocycles. The molecule has 2 heterocycles. The zero-order valence-corrected chi connectivity index (χ0v) is 17.4. The van der Waals surface area contributed by atoms with Crippen LogP contribution in [-0.2, 0) is 14.8 Å². The van der Waals surface area contributed by atoms with Crippen LogP contribution in [0.5, 0.6) is 0 Å². The minimum absolute atomic E-state index is 0.0327. The number of benzene rings is 1. The Hall–Kier alpha value is -1.84. The van der Waals surface area contributed by atoms with Gasteiger partial charge in [0.25, 0.3) is 0 Å². The molecule has 0 saturated heterocycles. The van der Waals surface area contributed by atoms with Gasteiger partial charge >= 0.3 is 0 Å². The van der Waals surface area contributed by atoms with Crippen LogP contribution in [0.4, 0.5) is 10.8 Å². The molecule has 1 aliphatic heterocycles. The zero-order chi connectivity index (χ0) is 19.7. The SMILES string of the molecule is Cc1nnc(N2C(=O)C(CC3CC3)c3ccc(S(=O)(=O)NC4(C)CC4)cc32)s1. The first-order valence-corrected chi connectivity index (χ1v) is 11.9. The molecule has 0 bridgehead atoms. The Bertz CT molecular complexity index is 1070. The molecule has 1 aromatic heterocycles. The Morgan fingerprint density at radius 3 is 2.64 bits per heavy atom. The molecule has 7 nitrogen and oxygen atoms in total. The van der Waals surface area contributed by atoms with Gasteiger partial charge in [0.2, 0.25) is 21.1 Å². The van der Waals surface area contributed by atoms with Crippen LogP contribution in [0.25, 0.3) is 0 Å². The lowest BCUT2D eigenvalue weighted by Gasteiger charge is -2.16. The molecule has 2 aromatic rings. The van der Waals surface area contributed by atoms with Crippen molar-refractivity contribution >= 4 is 38.1 Å². The van der Waals surface area contributed by atoms with E-state index < -0.39 is 10.0 Å². The molecule has 9 heteroatoms. The van der Waals surface area contributed by atoms with Crippen molar-refractivity contribution < 1.29 is 13.2 Å². The summed E-state index contributed by atoms with van der Waals surface area (Å²) < 4.78 is 28.5. The Kier molecular flexibility index (Phi) is 3.95. The molecule has 1 atom stereocenters. The number of nitrogens with one attached hydrogen (secondary N) is 1. The van der Waals surface area contributed by atoms with Gasteiger partial charge in [-0.25, -0.2) is 13.1 Å². The molecule has 28 heavy (non-hydrogen) atoms. The van der Waals surface area contributed by atoms with E-state index in [1.165, 1.54) is 11.3 Å². The van der Waals surface area contributed by atoms with Crippen LogP contribution >= 0.6 is 11.3 Å². The standard InChI is InChI=1S/C19H22N4O3S2/c1-11-20-21-18(27-11)23-16-10-13(28(25,26)22-19(2)7-8-19)5-6-14(16)15(17(23)24)9-12-3-4-12/h5-6,10,12,15,22H,3-4,7-9H2,1-2H3. The summed E-state index contributed by atoms with van der Waals surface area (Å²) in [5.41, 5.74) is 1.16. The lowest BCUT2D eigenvalue weighted by atomic mass is 9.95. The number of nitrogens with zero attached hydrogens (tertiary/aromatic N) is 3. The van der Waals surface area contributed by atoms with Crippen molar-refractivity contribution in [2.75, 3.05) is 4.90 Å². The highest BCUT2D eigenvalue weighted by Gasteiger charge is 2.44. The molecular weight excluding hydrogens is 396 g/mol. The Morgan fingerprint density at radius 2 is 2.04 bits per heavy atom. The van der Waals surface area contributed by atoms with Gasteiger partial charge in [0, 0.05) is 5.54 Å². The predicted octanol–water partition coefficient (Wildman–Crippen LogP) is 3.24. The Labute approximate surface area is 168 Å². The van der Waals surface area contributed by atoms with Crippen molar-refractivity contribution in [3.05, 3.63) is 28.8 Å². The van der Waals surface area contributed by atoms with Crippen LogP contribution in [0.3, 0.4) is 0 Å². The molecule has 148 valence electrons. The molecule has 3 aliphatic rings. The zero-order valence-electron chi connectivity index (χ0n) is 15.8. The summed E-state index contributed by atoms with van der Waals surface area (Å²) in [4.78, 5) is 15.0. The maximum absolute atomic E-state index is 13.2. The second kappa shape index (κ2) is 6.08. The number of carbonyl (C=O) groups is 1. The molecule has 0 spiro atoms. The van der Waals surface area contributed by atoms with E-state index in [0.717, 1.165) is 42.7 Å². The number of sulfonamides is 1. The molecule has 1 amide bonds. The molecule has 1 N–H and O–H groups in total. The molecule has 1 unspecified atom stereocenters. The van der Waals surface area contributed by atoms with Gasteiger partial charge < -0.3 is 0 Å². The van der Waals surface area contributed by atoms with E-state index in [9.17, 15) is 13.2 Å². The van der Waals surface area contributed by atoms with Gasteiger partial charge in [0.05, 0.1) is 16.5 Å². The number of anilines is 2. The lowest BCUT2D eigenvalue weighted by Crippen LogP contribution is -2.34. The van der Waals surface area contributed by atoms with Crippen LogP contribution in [0.15, 0.2) is 23.1 Å². The van der Waals surface area contributed by atoms with E-state index >= 15 is 0 Å². The third-order valence-electron chi connectivity index (χ3n) is 5.80. The number of hydrogen-bond donors (Lipinski definition) is 1. The number of amides is 1. The average molecular weight is 419 g/mol. The van der Waals surface area contributed by atoms with Gasteiger partial charge in [0.1, 0.15) is 5.01 Å². The minimum Gasteiger partial charge on any atom is -0.273 e. The monoisotopic (exact) mass is 418 g/mol. The van der Waals surface area contributed by atoms with E-state index in [1.807, 2.05) is 13.8 Å².